The molecule has 21 heavy (non-hydrogen) atoms. The number of aromatic nitrogens is 3. The second kappa shape index (κ2) is 8.32. The Balaban J connectivity index is 1.83. The molecule has 0 radical (unpaired) electrons. The zero-order chi connectivity index (χ0) is 14.9. The highest BCUT2D eigenvalue weighted by Crippen LogP contribution is 2.06. The molecular formula is C16H23N5. The van der Waals surface area contributed by atoms with Gasteiger partial charge in [0, 0.05) is 56.4 Å². The zero-order valence-electron chi connectivity index (χ0n) is 12.8. The molecule has 0 saturated carbocycles. The predicted octanol–water partition coefficient (Wildman–Crippen LogP) is 2.05. The Morgan fingerprint density at radius 1 is 1.14 bits per heavy atom. The van der Waals surface area contributed by atoms with Gasteiger partial charge in [-0.3, -0.25) is 4.98 Å². The van der Waals surface area contributed by atoms with Gasteiger partial charge in [0.25, 0.3) is 0 Å². The molecule has 0 amide bonds. The fourth-order valence-electron chi connectivity index (χ4n) is 1.97. The minimum Gasteiger partial charge on any atom is -0.343 e. The number of pyridine rings is 1. The number of nitrogens with one attached hydrogen (secondary N) is 1. The van der Waals surface area contributed by atoms with Gasteiger partial charge in [0.05, 0.1) is 0 Å². The summed E-state index contributed by atoms with van der Waals surface area (Å²) in [7, 11) is 2.01. The molecule has 0 aliphatic heterocycles. The lowest BCUT2D eigenvalue weighted by Gasteiger charge is -2.16. The molecular weight excluding hydrogens is 262 g/mol. The molecule has 2 aromatic rings. The number of anilines is 1. The Morgan fingerprint density at radius 3 is 2.62 bits per heavy atom. The predicted molar refractivity (Wildman–Crippen MR) is 85.2 cm³/mol. The van der Waals surface area contributed by atoms with E-state index in [0.717, 1.165) is 49.7 Å². The van der Waals surface area contributed by atoms with Crippen molar-refractivity contribution in [2.45, 2.75) is 26.3 Å². The molecule has 0 fully saturated rings. The maximum Gasteiger partial charge on any atom is 0.225 e. The van der Waals surface area contributed by atoms with Crippen LogP contribution >= 0.6 is 0 Å². The van der Waals surface area contributed by atoms with Crippen LogP contribution in [0.15, 0.2) is 36.8 Å². The van der Waals surface area contributed by atoms with E-state index >= 15 is 0 Å². The number of hydrogen-bond donors (Lipinski definition) is 1. The van der Waals surface area contributed by atoms with Crippen molar-refractivity contribution in [1.29, 1.82) is 0 Å². The third-order valence-electron chi connectivity index (χ3n) is 3.22. The van der Waals surface area contributed by atoms with Crippen LogP contribution in [0.3, 0.4) is 0 Å². The lowest BCUT2D eigenvalue weighted by Crippen LogP contribution is -2.23. The molecule has 0 bridgehead atoms. The summed E-state index contributed by atoms with van der Waals surface area (Å²) in [5.74, 6) is 0.755. The van der Waals surface area contributed by atoms with Crippen LogP contribution in [-0.2, 0) is 13.0 Å². The van der Waals surface area contributed by atoms with E-state index in [1.807, 2.05) is 43.8 Å². The van der Waals surface area contributed by atoms with E-state index in [-0.39, 0.29) is 0 Å². The fourth-order valence-corrected chi connectivity index (χ4v) is 1.97. The Morgan fingerprint density at radius 2 is 1.95 bits per heavy atom. The minimum absolute atomic E-state index is 0.755. The summed E-state index contributed by atoms with van der Waals surface area (Å²) in [5.41, 5.74) is 2.20. The number of rotatable bonds is 8. The first kappa shape index (κ1) is 15.4. The van der Waals surface area contributed by atoms with Gasteiger partial charge in [0.1, 0.15) is 0 Å². The van der Waals surface area contributed by atoms with Crippen LogP contribution < -0.4 is 10.2 Å². The van der Waals surface area contributed by atoms with Crippen LogP contribution in [0.5, 0.6) is 0 Å². The van der Waals surface area contributed by atoms with Gasteiger partial charge in [-0.25, -0.2) is 9.97 Å². The van der Waals surface area contributed by atoms with Gasteiger partial charge in [-0.15, -0.1) is 0 Å². The smallest absolute Gasteiger partial charge is 0.225 e. The van der Waals surface area contributed by atoms with Crippen molar-refractivity contribution in [3.63, 3.8) is 0 Å². The molecule has 2 heterocycles. The molecule has 2 aromatic heterocycles. The van der Waals surface area contributed by atoms with Crippen LogP contribution in [0.4, 0.5) is 5.95 Å². The van der Waals surface area contributed by atoms with Crippen LogP contribution in [0.25, 0.3) is 0 Å². The lowest BCUT2D eigenvalue weighted by molar-refractivity contribution is 0.671. The van der Waals surface area contributed by atoms with Crippen molar-refractivity contribution in [2.24, 2.45) is 0 Å². The molecule has 0 spiro atoms. The van der Waals surface area contributed by atoms with Crippen molar-refractivity contribution in [2.75, 3.05) is 25.0 Å². The maximum absolute atomic E-state index is 4.42. The average Bonchev–Trinajstić information content (AvgIpc) is 2.54. The summed E-state index contributed by atoms with van der Waals surface area (Å²) in [4.78, 5) is 15.2. The van der Waals surface area contributed by atoms with Gasteiger partial charge < -0.3 is 10.2 Å². The molecule has 1 N–H and O–H groups in total. The molecule has 0 unspecified atom stereocenters. The monoisotopic (exact) mass is 285 g/mol. The minimum atomic E-state index is 0.755. The van der Waals surface area contributed by atoms with Gasteiger partial charge in [-0.2, -0.15) is 0 Å². The number of likely N-dealkylation sites (N-methyl/N-ethyl adjacent to an activating group) is 1. The van der Waals surface area contributed by atoms with E-state index in [1.165, 1.54) is 0 Å². The summed E-state index contributed by atoms with van der Waals surface area (Å²) in [6.07, 6.45) is 7.63. The molecule has 0 aromatic carbocycles. The second-order valence-electron chi connectivity index (χ2n) is 5.06. The van der Waals surface area contributed by atoms with Crippen LogP contribution in [0, 0.1) is 0 Å². The van der Waals surface area contributed by atoms with Crippen molar-refractivity contribution in [1.82, 2.24) is 20.3 Å². The van der Waals surface area contributed by atoms with E-state index < -0.39 is 0 Å². The highest BCUT2D eigenvalue weighted by Gasteiger charge is 2.05. The normalized spacial score (nSPS) is 10.6. The Kier molecular flexibility index (Phi) is 6.09. The molecule has 0 atom stereocenters. The third-order valence-corrected chi connectivity index (χ3v) is 3.22. The largest absolute Gasteiger partial charge is 0.343 e. The van der Waals surface area contributed by atoms with Gasteiger partial charge in [-0.05, 0) is 25.1 Å². The first-order chi connectivity index (χ1) is 10.3. The number of nitrogens with zero attached hydrogens (tertiary/aromatic N) is 4. The molecule has 2 rings (SSSR count). The topological polar surface area (TPSA) is 53.9 Å². The van der Waals surface area contributed by atoms with Gasteiger partial charge in [0.15, 0.2) is 0 Å². The van der Waals surface area contributed by atoms with Crippen molar-refractivity contribution < 1.29 is 0 Å². The zero-order valence-corrected chi connectivity index (χ0v) is 12.8. The summed E-state index contributed by atoms with van der Waals surface area (Å²) < 4.78 is 0. The quantitative estimate of drug-likeness (QED) is 0.752. The van der Waals surface area contributed by atoms with Gasteiger partial charge in [0.2, 0.25) is 5.95 Å². The Bertz CT molecular complexity index is 512. The van der Waals surface area contributed by atoms with E-state index in [1.54, 1.807) is 0 Å². The fraction of sp³-hybridized carbons (Fsp3) is 0.438. The second-order valence-corrected chi connectivity index (χ2v) is 5.06. The lowest BCUT2D eigenvalue weighted by atomic mass is 10.2. The summed E-state index contributed by atoms with van der Waals surface area (Å²) in [6, 6.07) is 5.98. The molecule has 112 valence electrons. The van der Waals surface area contributed by atoms with Crippen molar-refractivity contribution in [3.05, 3.63) is 48.0 Å². The summed E-state index contributed by atoms with van der Waals surface area (Å²) in [5, 5.41) is 3.34. The van der Waals surface area contributed by atoms with Crippen LogP contribution in [0.1, 0.15) is 24.6 Å². The van der Waals surface area contributed by atoms with Gasteiger partial charge in [-0.1, -0.05) is 13.0 Å². The third kappa shape index (κ3) is 5.11. The standard InChI is InChI=1S/C16H23N5/c1-3-8-17-11-14-12-19-16(20-13-14)21(2)10-7-15-6-4-5-9-18-15/h4-6,9,12-13,17H,3,7-8,10-11H2,1-2H3. The van der Waals surface area contributed by atoms with Crippen molar-refractivity contribution in [3.8, 4) is 0 Å². The van der Waals surface area contributed by atoms with Crippen molar-refractivity contribution >= 4 is 5.95 Å². The van der Waals surface area contributed by atoms with E-state index in [4.69, 9.17) is 0 Å². The Labute approximate surface area is 126 Å². The molecule has 0 saturated heterocycles. The van der Waals surface area contributed by atoms with Crippen LogP contribution in [0.2, 0.25) is 0 Å². The van der Waals surface area contributed by atoms with E-state index in [2.05, 4.69) is 32.1 Å². The molecule has 0 aliphatic rings. The average molecular weight is 285 g/mol. The van der Waals surface area contributed by atoms with Crippen LogP contribution in [-0.4, -0.2) is 35.1 Å². The number of hydrogen-bond acceptors (Lipinski definition) is 5. The van der Waals surface area contributed by atoms with Gasteiger partial charge >= 0.3 is 0 Å². The van der Waals surface area contributed by atoms with E-state index in [9.17, 15) is 0 Å². The summed E-state index contributed by atoms with van der Waals surface area (Å²) >= 11 is 0. The first-order valence-electron chi connectivity index (χ1n) is 7.42. The Hall–Kier alpha value is -2.01. The molecule has 5 nitrogen and oxygen atoms in total. The SMILES string of the molecule is CCCNCc1cnc(N(C)CCc2ccccn2)nc1. The van der Waals surface area contributed by atoms with E-state index in [0.29, 0.717) is 0 Å². The molecule has 5 heteroatoms. The first-order valence-corrected chi connectivity index (χ1v) is 7.42. The summed E-state index contributed by atoms with van der Waals surface area (Å²) in [6.45, 7) is 4.85. The molecule has 0 aliphatic carbocycles. The highest BCUT2D eigenvalue weighted by molar-refractivity contribution is 5.28. The highest BCUT2D eigenvalue weighted by atomic mass is 15.2. The maximum atomic E-state index is 4.42.